The van der Waals surface area contributed by atoms with E-state index in [9.17, 15) is 0 Å². The van der Waals surface area contributed by atoms with E-state index in [1.54, 1.807) is 12.4 Å². The van der Waals surface area contributed by atoms with Gasteiger partial charge < -0.3 is 16.0 Å². The van der Waals surface area contributed by atoms with Crippen LogP contribution in [0.4, 0.5) is 11.5 Å². The van der Waals surface area contributed by atoms with E-state index in [4.69, 9.17) is 17.3 Å². The van der Waals surface area contributed by atoms with Crippen LogP contribution in [0.25, 0.3) is 11.2 Å². The van der Waals surface area contributed by atoms with Crippen molar-refractivity contribution in [3.63, 3.8) is 0 Å². The van der Waals surface area contributed by atoms with Gasteiger partial charge in [0.2, 0.25) is 0 Å². The lowest BCUT2D eigenvalue weighted by Crippen LogP contribution is -2.03. The quantitative estimate of drug-likeness (QED) is 0.637. The van der Waals surface area contributed by atoms with Crippen LogP contribution in [0.2, 0.25) is 5.02 Å². The van der Waals surface area contributed by atoms with Gasteiger partial charge in [0, 0.05) is 17.3 Å². The Morgan fingerprint density at radius 3 is 2.95 bits per heavy atom. The first-order valence-corrected chi connectivity index (χ1v) is 6.03. The van der Waals surface area contributed by atoms with Crippen molar-refractivity contribution in [1.29, 1.82) is 0 Å². The zero-order valence-corrected chi connectivity index (χ0v) is 10.6. The molecule has 2 heterocycles. The third kappa shape index (κ3) is 2.43. The molecular formula is C12H11ClN6. The summed E-state index contributed by atoms with van der Waals surface area (Å²) in [5.41, 5.74) is 8.77. The highest BCUT2D eigenvalue weighted by molar-refractivity contribution is 6.30. The Bertz CT molecular complexity index is 703. The normalized spacial score (nSPS) is 10.8. The van der Waals surface area contributed by atoms with Gasteiger partial charge in [0.15, 0.2) is 11.5 Å². The van der Waals surface area contributed by atoms with Crippen molar-refractivity contribution in [3.8, 4) is 0 Å². The van der Waals surface area contributed by atoms with Crippen molar-refractivity contribution in [2.45, 2.75) is 6.54 Å². The highest BCUT2D eigenvalue weighted by Gasteiger charge is 2.05. The highest BCUT2D eigenvalue weighted by Crippen LogP contribution is 2.19. The number of halogens is 1. The minimum Gasteiger partial charge on any atom is -0.399 e. The smallest absolute Gasteiger partial charge is 0.182 e. The summed E-state index contributed by atoms with van der Waals surface area (Å²) in [7, 11) is 0. The van der Waals surface area contributed by atoms with Crippen molar-refractivity contribution in [1.82, 2.24) is 19.9 Å². The van der Waals surface area contributed by atoms with Gasteiger partial charge in [-0.15, -0.1) is 0 Å². The van der Waals surface area contributed by atoms with Crippen molar-refractivity contribution < 1.29 is 0 Å². The largest absolute Gasteiger partial charge is 0.399 e. The summed E-state index contributed by atoms with van der Waals surface area (Å²) in [6.07, 6.45) is 3.06. The molecule has 0 aliphatic carbocycles. The van der Waals surface area contributed by atoms with Gasteiger partial charge in [0.25, 0.3) is 0 Å². The summed E-state index contributed by atoms with van der Waals surface area (Å²) in [4.78, 5) is 15.3. The molecule has 3 aromatic rings. The molecule has 0 spiro atoms. The average Bonchev–Trinajstić information content (AvgIpc) is 2.83. The van der Waals surface area contributed by atoms with E-state index in [1.807, 2.05) is 12.1 Å². The minimum absolute atomic E-state index is 0.565. The summed E-state index contributed by atoms with van der Waals surface area (Å²) in [5.74, 6) is 0.695. The maximum Gasteiger partial charge on any atom is 0.182 e. The maximum absolute atomic E-state index is 5.96. The Kier molecular flexibility index (Phi) is 2.92. The third-order valence-corrected chi connectivity index (χ3v) is 2.88. The van der Waals surface area contributed by atoms with Crippen LogP contribution in [0.5, 0.6) is 0 Å². The standard InChI is InChI=1S/C12H11ClN6/c13-8-1-7(2-9(14)3-8)4-15-11-10-12(17-5-16-10)19-6-18-11/h1-3,5-6H,4,14H2,(H2,15,16,17,18,19). The summed E-state index contributed by atoms with van der Waals surface area (Å²) in [6.45, 7) is 0.565. The third-order valence-electron chi connectivity index (χ3n) is 2.66. The molecule has 6 nitrogen and oxygen atoms in total. The SMILES string of the molecule is Nc1cc(Cl)cc(CNc2ncnc3nc[nH]c23)c1. The molecule has 0 saturated carbocycles. The lowest BCUT2D eigenvalue weighted by atomic mass is 10.2. The van der Waals surface area contributed by atoms with Crippen LogP contribution in [0.1, 0.15) is 5.56 Å². The number of aromatic nitrogens is 4. The first kappa shape index (κ1) is 11.7. The number of aromatic amines is 1. The molecule has 3 rings (SSSR count). The van der Waals surface area contributed by atoms with Crippen molar-refractivity contribution in [3.05, 3.63) is 41.4 Å². The number of anilines is 2. The topological polar surface area (TPSA) is 92.5 Å². The number of hydrogen-bond donors (Lipinski definition) is 3. The molecule has 0 saturated heterocycles. The number of hydrogen-bond acceptors (Lipinski definition) is 5. The van der Waals surface area contributed by atoms with E-state index in [2.05, 4.69) is 25.3 Å². The second-order valence-corrected chi connectivity index (χ2v) is 4.51. The van der Waals surface area contributed by atoms with E-state index in [-0.39, 0.29) is 0 Å². The molecule has 19 heavy (non-hydrogen) atoms. The lowest BCUT2D eigenvalue weighted by molar-refractivity contribution is 1.10. The zero-order chi connectivity index (χ0) is 13.2. The molecule has 0 fully saturated rings. The molecule has 0 aliphatic rings. The zero-order valence-electron chi connectivity index (χ0n) is 9.89. The second kappa shape index (κ2) is 4.74. The first-order valence-electron chi connectivity index (χ1n) is 5.65. The predicted molar refractivity (Wildman–Crippen MR) is 74.9 cm³/mol. The molecule has 7 heteroatoms. The Morgan fingerprint density at radius 1 is 1.21 bits per heavy atom. The van der Waals surface area contributed by atoms with Crippen LogP contribution in [-0.2, 0) is 6.54 Å². The van der Waals surface area contributed by atoms with E-state index >= 15 is 0 Å². The minimum atomic E-state index is 0.565. The van der Waals surface area contributed by atoms with Gasteiger partial charge in [-0.05, 0) is 23.8 Å². The van der Waals surface area contributed by atoms with Gasteiger partial charge in [-0.25, -0.2) is 15.0 Å². The molecule has 0 atom stereocenters. The number of nitrogen functional groups attached to an aromatic ring is 1. The van der Waals surface area contributed by atoms with E-state index in [1.165, 1.54) is 6.33 Å². The number of nitrogens with zero attached hydrogens (tertiary/aromatic N) is 3. The lowest BCUT2D eigenvalue weighted by Gasteiger charge is -2.07. The van der Waals surface area contributed by atoms with Crippen LogP contribution in [0, 0.1) is 0 Å². The number of H-pyrrole nitrogens is 1. The fraction of sp³-hybridized carbons (Fsp3) is 0.0833. The number of nitrogens with two attached hydrogens (primary N) is 1. The van der Waals surface area contributed by atoms with Crippen molar-refractivity contribution >= 4 is 34.3 Å². The molecule has 4 N–H and O–H groups in total. The fourth-order valence-corrected chi connectivity index (χ4v) is 2.13. The molecule has 0 bridgehead atoms. The van der Waals surface area contributed by atoms with Crippen LogP contribution >= 0.6 is 11.6 Å². The van der Waals surface area contributed by atoms with Crippen LogP contribution < -0.4 is 11.1 Å². The van der Waals surface area contributed by atoms with Gasteiger partial charge in [0.1, 0.15) is 11.8 Å². The average molecular weight is 275 g/mol. The number of rotatable bonds is 3. The fourth-order valence-electron chi connectivity index (χ4n) is 1.86. The van der Waals surface area contributed by atoms with Crippen LogP contribution in [0.15, 0.2) is 30.9 Å². The highest BCUT2D eigenvalue weighted by atomic mass is 35.5. The van der Waals surface area contributed by atoms with E-state index in [0.717, 1.165) is 11.1 Å². The number of nitrogens with one attached hydrogen (secondary N) is 2. The maximum atomic E-state index is 5.96. The monoisotopic (exact) mass is 274 g/mol. The Morgan fingerprint density at radius 2 is 2.11 bits per heavy atom. The molecule has 0 amide bonds. The number of imidazole rings is 1. The van der Waals surface area contributed by atoms with Crippen LogP contribution in [-0.4, -0.2) is 19.9 Å². The summed E-state index contributed by atoms with van der Waals surface area (Å²) in [6, 6.07) is 5.43. The van der Waals surface area contributed by atoms with Crippen molar-refractivity contribution in [2.75, 3.05) is 11.1 Å². The summed E-state index contributed by atoms with van der Waals surface area (Å²) >= 11 is 5.96. The van der Waals surface area contributed by atoms with Crippen molar-refractivity contribution in [2.24, 2.45) is 0 Å². The molecule has 2 aromatic heterocycles. The number of benzene rings is 1. The molecular weight excluding hydrogens is 264 g/mol. The molecule has 0 radical (unpaired) electrons. The molecule has 1 aromatic carbocycles. The Balaban J connectivity index is 1.84. The molecule has 0 unspecified atom stereocenters. The van der Waals surface area contributed by atoms with Gasteiger partial charge in [-0.1, -0.05) is 11.6 Å². The summed E-state index contributed by atoms with van der Waals surface area (Å²) < 4.78 is 0. The number of fused-ring (bicyclic) bond motifs is 1. The van der Waals surface area contributed by atoms with Gasteiger partial charge in [-0.3, -0.25) is 0 Å². The molecule has 0 aliphatic heterocycles. The van der Waals surface area contributed by atoms with Crippen LogP contribution in [0.3, 0.4) is 0 Å². The summed E-state index contributed by atoms with van der Waals surface area (Å²) in [5, 5.41) is 3.82. The Labute approximate surface area is 114 Å². The van der Waals surface area contributed by atoms with E-state index in [0.29, 0.717) is 28.7 Å². The van der Waals surface area contributed by atoms with Gasteiger partial charge >= 0.3 is 0 Å². The van der Waals surface area contributed by atoms with Gasteiger partial charge in [0.05, 0.1) is 6.33 Å². The Hall–Kier alpha value is -2.34. The predicted octanol–water partition coefficient (Wildman–Crippen LogP) is 2.20. The van der Waals surface area contributed by atoms with Gasteiger partial charge in [-0.2, -0.15) is 0 Å². The first-order chi connectivity index (χ1) is 9.22. The van der Waals surface area contributed by atoms with E-state index < -0.39 is 0 Å². The second-order valence-electron chi connectivity index (χ2n) is 4.07. The molecule has 96 valence electrons.